The first-order chi connectivity index (χ1) is 9.00. The number of hydrogen-bond donors (Lipinski definition) is 1. The van der Waals surface area contributed by atoms with E-state index in [9.17, 15) is 0 Å². The Kier molecular flexibility index (Phi) is 3.85. The van der Waals surface area contributed by atoms with Crippen molar-refractivity contribution >= 4 is 0 Å². The third-order valence-corrected chi connectivity index (χ3v) is 2.56. The van der Waals surface area contributed by atoms with Crippen molar-refractivity contribution in [3.8, 4) is 17.2 Å². The molecule has 19 heavy (non-hydrogen) atoms. The van der Waals surface area contributed by atoms with Crippen LogP contribution in [0.4, 0.5) is 0 Å². The Balaban J connectivity index is 2.24. The highest BCUT2D eigenvalue weighted by atomic mass is 16.5. The lowest BCUT2D eigenvalue weighted by atomic mass is 10.1. The Morgan fingerprint density at radius 3 is 2.79 bits per heavy atom. The van der Waals surface area contributed by atoms with Gasteiger partial charge in [-0.2, -0.15) is 4.98 Å². The molecule has 5 heteroatoms. The van der Waals surface area contributed by atoms with E-state index in [4.69, 9.17) is 15.0 Å². The van der Waals surface area contributed by atoms with E-state index < -0.39 is 5.54 Å². The normalized spacial score (nSPS) is 11.6. The zero-order valence-corrected chi connectivity index (χ0v) is 11.5. The summed E-state index contributed by atoms with van der Waals surface area (Å²) in [4.78, 5) is 4.31. The van der Waals surface area contributed by atoms with Crippen LogP contribution in [0.5, 0.6) is 5.75 Å². The van der Waals surface area contributed by atoms with Gasteiger partial charge in [-0.05, 0) is 38.5 Å². The van der Waals surface area contributed by atoms with Gasteiger partial charge in [-0.1, -0.05) is 18.1 Å². The lowest BCUT2D eigenvalue weighted by Crippen LogP contribution is -2.30. The molecule has 0 aliphatic heterocycles. The quantitative estimate of drug-likeness (QED) is 0.895. The summed E-state index contributed by atoms with van der Waals surface area (Å²) in [6.45, 7) is 6.43. The number of ether oxygens (including phenoxy) is 1. The lowest BCUT2D eigenvalue weighted by Gasteiger charge is -2.11. The molecule has 0 fully saturated rings. The van der Waals surface area contributed by atoms with Crippen molar-refractivity contribution in [1.82, 2.24) is 10.1 Å². The van der Waals surface area contributed by atoms with E-state index in [-0.39, 0.29) is 0 Å². The van der Waals surface area contributed by atoms with Crippen LogP contribution in [0.3, 0.4) is 0 Å². The van der Waals surface area contributed by atoms with Gasteiger partial charge < -0.3 is 15.0 Å². The van der Waals surface area contributed by atoms with Crippen LogP contribution in [0.15, 0.2) is 28.8 Å². The summed E-state index contributed by atoms with van der Waals surface area (Å²) >= 11 is 0. The van der Waals surface area contributed by atoms with Crippen molar-refractivity contribution in [2.75, 3.05) is 6.61 Å². The molecular weight excluding hydrogens is 242 g/mol. The Bertz CT molecular complexity index is 544. The fraction of sp³-hybridized carbons (Fsp3) is 0.429. The van der Waals surface area contributed by atoms with Crippen molar-refractivity contribution in [2.24, 2.45) is 5.73 Å². The predicted molar refractivity (Wildman–Crippen MR) is 72.7 cm³/mol. The zero-order valence-electron chi connectivity index (χ0n) is 11.5. The summed E-state index contributed by atoms with van der Waals surface area (Å²) in [6.07, 6.45) is 0.969. The zero-order chi connectivity index (χ0) is 13.9. The molecule has 1 aromatic carbocycles. The standard InChI is InChI=1S/C14H19N3O2/c1-4-8-18-11-7-5-6-10(9-11)12-16-13(17-19-12)14(2,3)15/h5-7,9H,4,8,15H2,1-3H3. The minimum absolute atomic E-state index is 0.454. The number of benzene rings is 1. The van der Waals surface area contributed by atoms with E-state index in [0.29, 0.717) is 18.3 Å². The molecule has 2 N–H and O–H groups in total. The van der Waals surface area contributed by atoms with Crippen LogP contribution >= 0.6 is 0 Å². The molecule has 0 saturated heterocycles. The van der Waals surface area contributed by atoms with Crippen molar-refractivity contribution < 1.29 is 9.26 Å². The van der Waals surface area contributed by atoms with E-state index in [0.717, 1.165) is 17.7 Å². The number of hydrogen-bond acceptors (Lipinski definition) is 5. The molecule has 0 radical (unpaired) electrons. The number of nitrogens with two attached hydrogens (primary N) is 1. The second kappa shape index (κ2) is 5.40. The van der Waals surface area contributed by atoms with Crippen LogP contribution in [0.2, 0.25) is 0 Å². The van der Waals surface area contributed by atoms with Crippen LogP contribution in [0.1, 0.15) is 33.0 Å². The van der Waals surface area contributed by atoms with Crippen LogP contribution in [0, 0.1) is 0 Å². The first-order valence-electron chi connectivity index (χ1n) is 6.37. The third-order valence-electron chi connectivity index (χ3n) is 2.56. The first kappa shape index (κ1) is 13.5. The number of aromatic nitrogens is 2. The molecule has 1 aromatic heterocycles. The van der Waals surface area contributed by atoms with Gasteiger partial charge in [-0.15, -0.1) is 0 Å². The third kappa shape index (κ3) is 3.32. The van der Waals surface area contributed by atoms with E-state index in [1.165, 1.54) is 0 Å². The molecule has 0 bridgehead atoms. The van der Waals surface area contributed by atoms with Gasteiger partial charge in [0.2, 0.25) is 0 Å². The molecule has 2 aromatic rings. The smallest absolute Gasteiger partial charge is 0.258 e. The van der Waals surface area contributed by atoms with Gasteiger partial charge >= 0.3 is 0 Å². The maximum atomic E-state index is 5.93. The molecule has 0 spiro atoms. The van der Waals surface area contributed by atoms with Gasteiger partial charge in [0.1, 0.15) is 5.75 Å². The van der Waals surface area contributed by atoms with Gasteiger partial charge in [0.15, 0.2) is 5.82 Å². The van der Waals surface area contributed by atoms with Crippen LogP contribution in [0.25, 0.3) is 11.5 Å². The average Bonchev–Trinajstić information content (AvgIpc) is 2.86. The molecule has 0 atom stereocenters. The van der Waals surface area contributed by atoms with Crippen molar-refractivity contribution in [2.45, 2.75) is 32.7 Å². The molecule has 0 amide bonds. The predicted octanol–water partition coefficient (Wildman–Crippen LogP) is 2.72. The fourth-order valence-electron chi connectivity index (χ4n) is 1.54. The minimum Gasteiger partial charge on any atom is -0.494 e. The number of nitrogens with zero attached hydrogens (tertiary/aromatic N) is 2. The van der Waals surface area contributed by atoms with Crippen LogP contribution in [-0.4, -0.2) is 16.7 Å². The lowest BCUT2D eigenvalue weighted by molar-refractivity contribution is 0.317. The molecule has 5 nitrogen and oxygen atoms in total. The molecule has 0 unspecified atom stereocenters. The second-order valence-corrected chi connectivity index (χ2v) is 5.02. The van der Waals surface area contributed by atoms with Crippen LogP contribution < -0.4 is 10.5 Å². The average molecular weight is 261 g/mol. The highest BCUT2D eigenvalue weighted by Gasteiger charge is 2.22. The summed E-state index contributed by atoms with van der Waals surface area (Å²) in [5.74, 6) is 1.74. The summed E-state index contributed by atoms with van der Waals surface area (Å²) in [7, 11) is 0. The molecule has 0 aliphatic carbocycles. The van der Waals surface area contributed by atoms with Gasteiger partial charge in [-0.3, -0.25) is 0 Å². The van der Waals surface area contributed by atoms with Gasteiger partial charge in [0, 0.05) is 5.56 Å². The Hall–Kier alpha value is -1.88. The summed E-state index contributed by atoms with van der Waals surface area (Å²) < 4.78 is 10.8. The van der Waals surface area contributed by atoms with Gasteiger partial charge in [-0.25, -0.2) is 0 Å². The molecule has 0 aliphatic rings. The van der Waals surface area contributed by atoms with Gasteiger partial charge in [0.25, 0.3) is 5.89 Å². The Morgan fingerprint density at radius 1 is 1.37 bits per heavy atom. The van der Waals surface area contributed by atoms with E-state index >= 15 is 0 Å². The van der Waals surface area contributed by atoms with Crippen molar-refractivity contribution in [3.05, 3.63) is 30.1 Å². The minimum atomic E-state index is -0.613. The monoisotopic (exact) mass is 261 g/mol. The van der Waals surface area contributed by atoms with E-state index in [1.807, 2.05) is 38.1 Å². The maximum Gasteiger partial charge on any atom is 0.258 e. The summed E-state index contributed by atoms with van der Waals surface area (Å²) in [5.41, 5.74) is 6.15. The van der Waals surface area contributed by atoms with E-state index in [1.54, 1.807) is 0 Å². The van der Waals surface area contributed by atoms with Gasteiger partial charge in [0.05, 0.1) is 12.1 Å². The first-order valence-corrected chi connectivity index (χ1v) is 6.37. The molecule has 1 heterocycles. The topological polar surface area (TPSA) is 74.2 Å². The van der Waals surface area contributed by atoms with E-state index in [2.05, 4.69) is 17.1 Å². The molecule has 0 saturated carbocycles. The highest BCUT2D eigenvalue weighted by Crippen LogP contribution is 2.24. The molecule has 102 valence electrons. The summed E-state index contributed by atoms with van der Waals surface area (Å²) in [6, 6.07) is 7.59. The van der Waals surface area contributed by atoms with Crippen molar-refractivity contribution in [3.63, 3.8) is 0 Å². The number of rotatable bonds is 5. The molecular formula is C14H19N3O2. The highest BCUT2D eigenvalue weighted by molar-refractivity contribution is 5.55. The SMILES string of the molecule is CCCOc1cccc(-c2nc(C(C)(C)N)no2)c1. The fourth-order valence-corrected chi connectivity index (χ4v) is 1.54. The largest absolute Gasteiger partial charge is 0.494 e. The Labute approximate surface area is 112 Å². The maximum absolute atomic E-state index is 5.93. The Morgan fingerprint density at radius 2 is 2.16 bits per heavy atom. The van der Waals surface area contributed by atoms with Crippen LogP contribution in [-0.2, 0) is 5.54 Å². The summed E-state index contributed by atoms with van der Waals surface area (Å²) in [5, 5.41) is 3.90. The van der Waals surface area contributed by atoms with Crippen molar-refractivity contribution in [1.29, 1.82) is 0 Å². The second-order valence-electron chi connectivity index (χ2n) is 5.02. The molecule has 2 rings (SSSR count).